The molecule has 2 saturated heterocycles. The summed E-state index contributed by atoms with van der Waals surface area (Å²) in [6.45, 7) is 5.82. The summed E-state index contributed by atoms with van der Waals surface area (Å²) in [5, 5.41) is 3.99. The first-order chi connectivity index (χ1) is 10.2. The Morgan fingerprint density at radius 3 is 2.90 bits per heavy atom. The minimum Gasteiger partial charge on any atom is -0.373 e. The number of piperazine rings is 1. The maximum Gasteiger partial charge on any atom is 0.191 e. The Morgan fingerprint density at radius 2 is 2.14 bits per heavy atom. The second-order valence-electron chi connectivity index (χ2n) is 5.99. The molecule has 1 aromatic heterocycles. The number of rotatable bonds is 3. The summed E-state index contributed by atoms with van der Waals surface area (Å²) in [5.74, 6) is 1.97. The fourth-order valence-electron chi connectivity index (χ4n) is 3.45. The number of hydrogen-bond donors (Lipinski definition) is 1. The van der Waals surface area contributed by atoms with Crippen LogP contribution in [-0.2, 0) is 0 Å². The number of thioether (sulfide) groups is 1. The second-order valence-corrected chi connectivity index (χ2v) is 6.77. The van der Waals surface area contributed by atoms with Crippen molar-refractivity contribution < 1.29 is 0 Å². The molecule has 2 fully saturated rings. The highest BCUT2D eigenvalue weighted by Crippen LogP contribution is 2.29. The van der Waals surface area contributed by atoms with Gasteiger partial charge in [-0.3, -0.25) is 4.90 Å². The standard InChI is InChI=1S/C15H25N5S/c1-11-9-19-7-5-4-6-12(19)10-20(11)14-8-13(16-2)17-15(18-14)21-3/h8,11-12H,4-7,9-10H2,1-3H3,(H,16,17,18). The zero-order valence-corrected chi connectivity index (χ0v) is 14.0. The van der Waals surface area contributed by atoms with Gasteiger partial charge in [0.1, 0.15) is 11.6 Å². The summed E-state index contributed by atoms with van der Waals surface area (Å²) in [6, 6.07) is 3.28. The molecule has 5 nitrogen and oxygen atoms in total. The summed E-state index contributed by atoms with van der Waals surface area (Å²) in [5.41, 5.74) is 0. The first kappa shape index (κ1) is 14.9. The lowest BCUT2D eigenvalue weighted by Gasteiger charge is -2.48. The predicted molar refractivity (Wildman–Crippen MR) is 89.4 cm³/mol. The zero-order chi connectivity index (χ0) is 14.8. The van der Waals surface area contributed by atoms with Crippen LogP contribution in [0, 0.1) is 0 Å². The minimum absolute atomic E-state index is 0.508. The Morgan fingerprint density at radius 1 is 1.29 bits per heavy atom. The van der Waals surface area contributed by atoms with Gasteiger partial charge in [-0.15, -0.1) is 0 Å². The van der Waals surface area contributed by atoms with Crippen molar-refractivity contribution in [2.75, 3.05) is 43.2 Å². The fraction of sp³-hybridized carbons (Fsp3) is 0.733. The van der Waals surface area contributed by atoms with Gasteiger partial charge in [0.25, 0.3) is 0 Å². The highest BCUT2D eigenvalue weighted by atomic mass is 32.2. The predicted octanol–water partition coefficient (Wildman–Crippen LogP) is 2.30. The lowest BCUT2D eigenvalue weighted by molar-refractivity contribution is 0.115. The third-order valence-electron chi connectivity index (χ3n) is 4.61. The Hall–Kier alpha value is -1.01. The minimum atomic E-state index is 0.508. The van der Waals surface area contributed by atoms with Gasteiger partial charge >= 0.3 is 0 Å². The molecule has 2 aliphatic rings. The van der Waals surface area contributed by atoms with Crippen LogP contribution in [0.4, 0.5) is 11.6 Å². The van der Waals surface area contributed by atoms with Crippen LogP contribution in [0.5, 0.6) is 0 Å². The average Bonchev–Trinajstić information content (AvgIpc) is 2.53. The molecule has 2 unspecified atom stereocenters. The first-order valence-electron chi connectivity index (χ1n) is 7.82. The van der Waals surface area contributed by atoms with Gasteiger partial charge in [0, 0.05) is 38.3 Å². The molecule has 0 aliphatic carbocycles. The van der Waals surface area contributed by atoms with Crippen molar-refractivity contribution in [3.63, 3.8) is 0 Å². The van der Waals surface area contributed by atoms with E-state index in [4.69, 9.17) is 4.98 Å². The van der Waals surface area contributed by atoms with Crippen molar-refractivity contribution >= 4 is 23.4 Å². The van der Waals surface area contributed by atoms with E-state index in [1.165, 1.54) is 25.8 Å². The number of nitrogens with zero attached hydrogens (tertiary/aromatic N) is 4. The van der Waals surface area contributed by atoms with E-state index in [2.05, 4.69) is 33.1 Å². The number of aromatic nitrogens is 2. The molecule has 0 aromatic carbocycles. The quantitative estimate of drug-likeness (QED) is 0.683. The maximum atomic E-state index is 4.73. The molecule has 3 rings (SSSR count). The largest absolute Gasteiger partial charge is 0.373 e. The maximum absolute atomic E-state index is 4.73. The third kappa shape index (κ3) is 3.11. The molecule has 6 heteroatoms. The van der Waals surface area contributed by atoms with Crippen molar-refractivity contribution in [3.05, 3.63) is 6.07 Å². The molecular formula is C15H25N5S. The Kier molecular flexibility index (Phi) is 4.54. The highest BCUT2D eigenvalue weighted by molar-refractivity contribution is 7.98. The van der Waals surface area contributed by atoms with Gasteiger partial charge in [0.2, 0.25) is 0 Å². The second kappa shape index (κ2) is 6.40. The lowest BCUT2D eigenvalue weighted by Crippen LogP contribution is -2.59. The number of hydrogen-bond acceptors (Lipinski definition) is 6. The first-order valence-corrected chi connectivity index (χ1v) is 9.05. The molecule has 0 amide bonds. The fourth-order valence-corrected chi connectivity index (χ4v) is 3.83. The van der Waals surface area contributed by atoms with Crippen LogP contribution in [-0.4, -0.2) is 59.9 Å². The van der Waals surface area contributed by atoms with Crippen molar-refractivity contribution in [2.45, 2.75) is 43.4 Å². The molecule has 2 aliphatic heterocycles. The molecule has 2 atom stereocenters. The smallest absolute Gasteiger partial charge is 0.191 e. The average molecular weight is 307 g/mol. The van der Waals surface area contributed by atoms with Crippen molar-refractivity contribution in [2.24, 2.45) is 0 Å². The van der Waals surface area contributed by atoms with Gasteiger partial charge in [0.15, 0.2) is 5.16 Å². The molecule has 0 saturated carbocycles. The van der Waals surface area contributed by atoms with Crippen LogP contribution < -0.4 is 10.2 Å². The van der Waals surface area contributed by atoms with Crippen LogP contribution in [0.1, 0.15) is 26.2 Å². The van der Waals surface area contributed by atoms with Crippen molar-refractivity contribution in [1.82, 2.24) is 14.9 Å². The number of fused-ring (bicyclic) bond motifs is 1. The van der Waals surface area contributed by atoms with Gasteiger partial charge in [-0.1, -0.05) is 18.2 Å². The zero-order valence-electron chi connectivity index (χ0n) is 13.2. The SMILES string of the molecule is CNc1cc(N2CC3CCCCN3CC2C)nc(SC)n1. The van der Waals surface area contributed by atoms with E-state index in [0.29, 0.717) is 12.1 Å². The number of anilines is 2. The van der Waals surface area contributed by atoms with Crippen LogP contribution in [0.3, 0.4) is 0 Å². The van der Waals surface area contributed by atoms with Gasteiger partial charge < -0.3 is 10.2 Å². The molecule has 116 valence electrons. The van der Waals surface area contributed by atoms with Gasteiger partial charge in [-0.25, -0.2) is 9.97 Å². The van der Waals surface area contributed by atoms with E-state index in [1.807, 2.05) is 13.3 Å². The van der Waals surface area contributed by atoms with E-state index in [9.17, 15) is 0 Å². The number of nitrogens with one attached hydrogen (secondary N) is 1. The molecule has 3 heterocycles. The lowest BCUT2D eigenvalue weighted by atomic mass is 9.97. The molecular weight excluding hydrogens is 282 g/mol. The van der Waals surface area contributed by atoms with E-state index in [-0.39, 0.29) is 0 Å². The van der Waals surface area contributed by atoms with Crippen LogP contribution >= 0.6 is 11.8 Å². The van der Waals surface area contributed by atoms with E-state index < -0.39 is 0 Å². The molecule has 0 spiro atoms. The van der Waals surface area contributed by atoms with Gasteiger partial charge in [0.05, 0.1) is 0 Å². The van der Waals surface area contributed by atoms with E-state index in [1.54, 1.807) is 11.8 Å². The van der Waals surface area contributed by atoms with E-state index >= 15 is 0 Å². The van der Waals surface area contributed by atoms with Gasteiger partial charge in [-0.2, -0.15) is 0 Å². The van der Waals surface area contributed by atoms with Crippen LogP contribution in [0.15, 0.2) is 11.2 Å². The molecule has 0 bridgehead atoms. The summed E-state index contributed by atoms with van der Waals surface area (Å²) in [6.07, 6.45) is 6.08. The Bertz CT molecular complexity index is 473. The Balaban J connectivity index is 1.85. The summed E-state index contributed by atoms with van der Waals surface area (Å²) >= 11 is 1.60. The molecule has 1 N–H and O–H groups in total. The molecule has 0 radical (unpaired) electrons. The van der Waals surface area contributed by atoms with Crippen molar-refractivity contribution in [1.29, 1.82) is 0 Å². The normalized spacial score (nSPS) is 26.5. The summed E-state index contributed by atoms with van der Waals surface area (Å²) in [4.78, 5) is 14.3. The van der Waals surface area contributed by atoms with Crippen LogP contribution in [0.25, 0.3) is 0 Å². The monoisotopic (exact) mass is 307 g/mol. The molecule has 21 heavy (non-hydrogen) atoms. The van der Waals surface area contributed by atoms with E-state index in [0.717, 1.165) is 29.9 Å². The Labute approximate surface area is 131 Å². The summed E-state index contributed by atoms with van der Waals surface area (Å²) in [7, 11) is 1.92. The molecule has 1 aromatic rings. The van der Waals surface area contributed by atoms with Gasteiger partial charge in [-0.05, 0) is 32.6 Å². The highest BCUT2D eigenvalue weighted by Gasteiger charge is 2.33. The van der Waals surface area contributed by atoms with Crippen LogP contribution in [0.2, 0.25) is 0 Å². The van der Waals surface area contributed by atoms with Crippen molar-refractivity contribution in [3.8, 4) is 0 Å². The third-order valence-corrected chi connectivity index (χ3v) is 5.16. The summed E-state index contributed by atoms with van der Waals surface area (Å²) < 4.78 is 0. The number of piperidine rings is 1. The topological polar surface area (TPSA) is 44.3 Å².